The van der Waals surface area contributed by atoms with Gasteiger partial charge in [0.2, 0.25) is 0 Å². The smallest absolute Gasteiger partial charge is 0.411 e. The first kappa shape index (κ1) is 10.4. The van der Waals surface area contributed by atoms with E-state index in [0.29, 0.717) is 16.3 Å². The Morgan fingerprint density at radius 3 is 2.93 bits per heavy atom. The van der Waals surface area contributed by atoms with Crippen LogP contribution < -0.4 is 5.32 Å². The Hall–Kier alpha value is -1.73. The van der Waals surface area contributed by atoms with Crippen LogP contribution in [0.5, 0.6) is 0 Å². The van der Waals surface area contributed by atoms with Crippen LogP contribution in [0.1, 0.15) is 5.56 Å². The van der Waals surface area contributed by atoms with Gasteiger partial charge in [0, 0.05) is 0 Å². The van der Waals surface area contributed by atoms with Crippen LogP contribution in [0.2, 0.25) is 5.02 Å². The molecule has 5 heteroatoms. The van der Waals surface area contributed by atoms with Crippen LogP contribution in [0.15, 0.2) is 18.2 Å². The van der Waals surface area contributed by atoms with Crippen molar-refractivity contribution in [2.75, 3.05) is 12.4 Å². The first-order valence-electron chi connectivity index (χ1n) is 3.72. The Labute approximate surface area is 86.0 Å². The molecule has 0 aliphatic heterocycles. The zero-order valence-electron chi connectivity index (χ0n) is 7.37. The molecule has 1 rings (SSSR count). The van der Waals surface area contributed by atoms with E-state index in [1.807, 2.05) is 6.07 Å². The van der Waals surface area contributed by atoms with Gasteiger partial charge in [0.1, 0.15) is 0 Å². The van der Waals surface area contributed by atoms with Gasteiger partial charge in [0.25, 0.3) is 0 Å². The van der Waals surface area contributed by atoms with Crippen molar-refractivity contribution in [2.24, 2.45) is 0 Å². The summed E-state index contributed by atoms with van der Waals surface area (Å²) in [6.45, 7) is 0. The molecule has 1 aromatic carbocycles. The lowest BCUT2D eigenvalue weighted by Crippen LogP contribution is -2.11. The van der Waals surface area contributed by atoms with Crippen LogP contribution in [-0.4, -0.2) is 13.2 Å². The maximum Gasteiger partial charge on any atom is 0.411 e. The van der Waals surface area contributed by atoms with E-state index in [-0.39, 0.29) is 0 Å². The summed E-state index contributed by atoms with van der Waals surface area (Å²) in [5.74, 6) is 0. The molecule has 0 saturated heterocycles. The third-order valence-corrected chi connectivity index (χ3v) is 1.85. The van der Waals surface area contributed by atoms with Gasteiger partial charge >= 0.3 is 6.09 Å². The lowest BCUT2D eigenvalue weighted by molar-refractivity contribution is 0.187. The molecule has 4 nitrogen and oxygen atoms in total. The summed E-state index contributed by atoms with van der Waals surface area (Å²) >= 11 is 5.77. The number of nitrogens with zero attached hydrogens (tertiary/aromatic N) is 1. The highest BCUT2D eigenvalue weighted by molar-refractivity contribution is 6.33. The van der Waals surface area contributed by atoms with E-state index in [2.05, 4.69) is 10.1 Å². The number of benzene rings is 1. The van der Waals surface area contributed by atoms with Crippen molar-refractivity contribution in [2.45, 2.75) is 0 Å². The quantitative estimate of drug-likeness (QED) is 0.774. The van der Waals surface area contributed by atoms with Gasteiger partial charge in [-0.05, 0) is 18.2 Å². The molecule has 0 unspecified atom stereocenters. The highest BCUT2D eigenvalue weighted by Gasteiger charge is 2.05. The minimum atomic E-state index is -0.623. The fourth-order valence-electron chi connectivity index (χ4n) is 0.852. The van der Waals surface area contributed by atoms with Gasteiger partial charge in [-0.3, -0.25) is 5.32 Å². The summed E-state index contributed by atoms with van der Waals surface area (Å²) in [7, 11) is 1.25. The van der Waals surface area contributed by atoms with E-state index in [0.717, 1.165) is 0 Å². The normalized spacial score (nSPS) is 8.93. The van der Waals surface area contributed by atoms with Crippen LogP contribution in [-0.2, 0) is 4.74 Å². The number of anilines is 1. The molecular formula is C9H7ClN2O2. The average molecular weight is 211 g/mol. The monoisotopic (exact) mass is 210 g/mol. The highest BCUT2D eigenvalue weighted by Crippen LogP contribution is 2.22. The van der Waals surface area contributed by atoms with Gasteiger partial charge in [0.15, 0.2) is 0 Å². The number of rotatable bonds is 1. The molecular weight excluding hydrogens is 204 g/mol. The van der Waals surface area contributed by atoms with E-state index in [1.54, 1.807) is 6.07 Å². The summed E-state index contributed by atoms with van der Waals surface area (Å²) in [5, 5.41) is 11.4. The maximum atomic E-state index is 10.9. The summed E-state index contributed by atoms with van der Waals surface area (Å²) in [5.41, 5.74) is 0.776. The molecule has 0 bridgehead atoms. The second-order valence-corrected chi connectivity index (χ2v) is 2.83. The van der Waals surface area contributed by atoms with Crippen molar-refractivity contribution in [1.82, 2.24) is 0 Å². The van der Waals surface area contributed by atoms with Gasteiger partial charge in [0.05, 0.1) is 29.5 Å². The molecule has 0 aliphatic carbocycles. The van der Waals surface area contributed by atoms with Crippen molar-refractivity contribution >= 4 is 23.4 Å². The van der Waals surface area contributed by atoms with Crippen LogP contribution in [0.3, 0.4) is 0 Å². The Morgan fingerprint density at radius 1 is 1.64 bits per heavy atom. The van der Waals surface area contributed by atoms with E-state index >= 15 is 0 Å². The molecule has 0 aromatic heterocycles. The van der Waals surface area contributed by atoms with Crippen molar-refractivity contribution < 1.29 is 9.53 Å². The Morgan fingerprint density at radius 2 is 2.36 bits per heavy atom. The van der Waals surface area contributed by atoms with E-state index in [4.69, 9.17) is 16.9 Å². The van der Waals surface area contributed by atoms with Crippen LogP contribution >= 0.6 is 11.6 Å². The number of nitriles is 1. The Bertz CT molecular complexity index is 398. The van der Waals surface area contributed by atoms with Gasteiger partial charge in [-0.2, -0.15) is 5.26 Å². The first-order valence-corrected chi connectivity index (χ1v) is 4.10. The number of carbonyl (C=O) groups is 1. The number of carbonyl (C=O) groups excluding carboxylic acids is 1. The molecule has 0 saturated carbocycles. The highest BCUT2D eigenvalue weighted by atomic mass is 35.5. The SMILES string of the molecule is COC(=O)Nc1cc(C#N)ccc1Cl. The molecule has 0 fully saturated rings. The summed E-state index contributed by atoms with van der Waals surface area (Å²) in [6, 6.07) is 6.50. The summed E-state index contributed by atoms with van der Waals surface area (Å²) in [6.07, 6.45) is -0.623. The number of hydrogen-bond donors (Lipinski definition) is 1. The molecule has 1 amide bonds. The molecule has 0 heterocycles. The lowest BCUT2D eigenvalue weighted by atomic mass is 10.2. The van der Waals surface area contributed by atoms with Gasteiger partial charge < -0.3 is 4.74 Å². The predicted octanol–water partition coefficient (Wildman–Crippen LogP) is 2.39. The van der Waals surface area contributed by atoms with Crippen LogP contribution in [0.4, 0.5) is 10.5 Å². The summed E-state index contributed by atoms with van der Waals surface area (Å²) < 4.78 is 4.39. The predicted molar refractivity (Wildman–Crippen MR) is 52.2 cm³/mol. The first-order chi connectivity index (χ1) is 6.67. The van der Waals surface area contributed by atoms with Crippen LogP contribution in [0, 0.1) is 11.3 Å². The fraction of sp³-hybridized carbons (Fsp3) is 0.111. The topological polar surface area (TPSA) is 62.1 Å². The van der Waals surface area contributed by atoms with E-state index in [1.165, 1.54) is 19.2 Å². The zero-order valence-corrected chi connectivity index (χ0v) is 8.13. The largest absolute Gasteiger partial charge is 0.453 e. The Balaban J connectivity index is 2.96. The number of methoxy groups -OCH3 is 1. The Kier molecular flexibility index (Phi) is 3.32. The molecule has 0 spiro atoms. The van der Waals surface area contributed by atoms with Crippen molar-refractivity contribution in [3.63, 3.8) is 0 Å². The van der Waals surface area contributed by atoms with Gasteiger partial charge in [-0.15, -0.1) is 0 Å². The number of nitrogens with one attached hydrogen (secondary N) is 1. The molecule has 1 aromatic rings. The van der Waals surface area contributed by atoms with Gasteiger partial charge in [-0.25, -0.2) is 4.79 Å². The second-order valence-electron chi connectivity index (χ2n) is 2.42. The standard InChI is InChI=1S/C9H7ClN2O2/c1-14-9(13)12-8-4-6(5-11)2-3-7(8)10/h2-4H,1H3,(H,12,13). The third kappa shape index (κ3) is 2.38. The minimum absolute atomic E-state index is 0.356. The third-order valence-electron chi connectivity index (χ3n) is 1.52. The molecule has 0 radical (unpaired) electrons. The van der Waals surface area contributed by atoms with E-state index in [9.17, 15) is 4.79 Å². The average Bonchev–Trinajstić information content (AvgIpc) is 2.21. The van der Waals surface area contributed by atoms with E-state index < -0.39 is 6.09 Å². The van der Waals surface area contributed by atoms with Crippen molar-refractivity contribution in [1.29, 1.82) is 5.26 Å². The molecule has 0 atom stereocenters. The summed E-state index contributed by atoms with van der Waals surface area (Å²) in [4.78, 5) is 10.9. The minimum Gasteiger partial charge on any atom is -0.453 e. The maximum absolute atomic E-state index is 10.9. The lowest BCUT2D eigenvalue weighted by Gasteiger charge is -2.05. The molecule has 14 heavy (non-hydrogen) atoms. The van der Waals surface area contributed by atoms with Gasteiger partial charge in [-0.1, -0.05) is 11.6 Å². The fourth-order valence-corrected chi connectivity index (χ4v) is 1.02. The number of halogens is 1. The number of amides is 1. The number of hydrogen-bond acceptors (Lipinski definition) is 3. The number of ether oxygens (including phenoxy) is 1. The van der Waals surface area contributed by atoms with Crippen molar-refractivity contribution in [3.8, 4) is 6.07 Å². The van der Waals surface area contributed by atoms with Crippen LogP contribution in [0.25, 0.3) is 0 Å². The van der Waals surface area contributed by atoms with Crippen molar-refractivity contribution in [3.05, 3.63) is 28.8 Å². The zero-order chi connectivity index (χ0) is 10.6. The molecule has 72 valence electrons. The molecule has 1 N–H and O–H groups in total. The molecule has 0 aliphatic rings. The second kappa shape index (κ2) is 4.49.